The maximum absolute atomic E-state index is 12.3. The van der Waals surface area contributed by atoms with Gasteiger partial charge >= 0.3 is 0 Å². The molecule has 0 heterocycles. The molecular formula is C17H19ClN2O3S. The van der Waals surface area contributed by atoms with Crippen molar-refractivity contribution in [3.8, 4) is 0 Å². The lowest BCUT2D eigenvalue weighted by molar-refractivity contribution is -0.114. The number of amides is 1. The Morgan fingerprint density at radius 2 is 1.88 bits per heavy atom. The number of nitrogens with one attached hydrogen (secondary N) is 1. The van der Waals surface area contributed by atoms with E-state index in [1.807, 2.05) is 32.0 Å². The second kappa shape index (κ2) is 7.23. The topological polar surface area (TPSA) is 66.5 Å². The zero-order chi connectivity index (χ0) is 17.9. The average Bonchev–Trinajstić information content (AvgIpc) is 2.47. The van der Waals surface area contributed by atoms with Crippen molar-refractivity contribution < 1.29 is 13.2 Å². The molecule has 2 aromatic carbocycles. The first-order valence-electron chi connectivity index (χ1n) is 7.27. The Morgan fingerprint density at radius 3 is 2.46 bits per heavy atom. The second-order valence-electron chi connectivity index (χ2n) is 5.62. The number of hydrogen-bond donors (Lipinski definition) is 1. The Kier molecular flexibility index (Phi) is 5.51. The first kappa shape index (κ1) is 18.3. The van der Waals surface area contributed by atoms with Gasteiger partial charge in [-0.2, -0.15) is 0 Å². The molecule has 24 heavy (non-hydrogen) atoms. The van der Waals surface area contributed by atoms with Crippen molar-refractivity contribution in [3.63, 3.8) is 0 Å². The van der Waals surface area contributed by atoms with Gasteiger partial charge in [0.2, 0.25) is 15.9 Å². The van der Waals surface area contributed by atoms with Gasteiger partial charge in [0.05, 0.1) is 11.9 Å². The van der Waals surface area contributed by atoms with E-state index in [4.69, 9.17) is 11.6 Å². The molecule has 2 rings (SSSR count). The molecule has 2 aromatic rings. The predicted molar refractivity (Wildman–Crippen MR) is 98.2 cm³/mol. The summed E-state index contributed by atoms with van der Waals surface area (Å²) in [6.07, 6.45) is 1.06. The quantitative estimate of drug-likeness (QED) is 0.882. The van der Waals surface area contributed by atoms with E-state index in [1.54, 1.807) is 18.2 Å². The van der Waals surface area contributed by atoms with E-state index in [2.05, 4.69) is 5.32 Å². The van der Waals surface area contributed by atoms with E-state index in [0.717, 1.165) is 21.7 Å². The number of sulfonamides is 1. The molecule has 0 aliphatic rings. The SMILES string of the molecule is Cc1cccc(NC(=O)CN(c2ccc(C)c(Cl)c2)S(C)(=O)=O)c1. The molecule has 5 nitrogen and oxygen atoms in total. The van der Waals surface area contributed by atoms with Crippen LogP contribution < -0.4 is 9.62 Å². The zero-order valence-electron chi connectivity index (χ0n) is 13.7. The lowest BCUT2D eigenvalue weighted by Crippen LogP contribution is -2.37. The van der Waals surface area contributed by atoms with E-state index in [0.29, 0.717) is 16.4 Å². The third-order valence-corrected chi connectivity index (χ3v) is 4.98. The van der Waals surface area contributed by atoms with Crippen molar-refractivity contribution in [1.29, 1.82) is 0 Å². The van der Waals surface area contributed by atoms with Gasteiger partial charge in [0.25, 0.3) is 0 Å². The van der Waals surface area contributed by atoms with E-state index >= 15 is 0 Å². The molecule has 0 radical (unpaired) electrons. The highest BCUT2D eigenvalue weighted by atomic mass is 35.5. The molecule has 0 saturated heterocycles. The third-order valence-electron chi connectivity index (χ3n) is 3.43. The van der Waals surface area contributed by atoms with Crippen LogP contribution in [-0.4, -0.2) is 27.1 Å². The van der Waals surface area contributed by atoms with Crippen LogP contribution in [0.4, 0.5) is 11.4 Å². The number of benzene rings is 2. The highest BCUT2D eigenvalue weighted by Crippen LogP contribution is 2.25. The molecule has 0 saturated carbocycles. The third kappa shape index (κ3) is 4.72. The van der Waals surface area contributed by atoms with Crippen molar-refractivity contribution in [2.24, 2.45) is 0 Å². The summed E-state index contributed by atoms with van der Waals surface area (Å²) >= 11 is 6.07. The summed E-state index contributed by atoms with van der Waals surface area (Å²) in [5.74, 6) is -0.428. The van der Waals surface area contributed by atoms with Crippen LogP contribution in [0.1, 0.15) is 11.1 Å². The molecule has 0 aliphatic heterocycles. The van der Waals surface area contributed by atoms with E-state index < -0.39 is 15.9 Å². The summed E-state index contributed by atoms with van der Waals surface area (Å²) in [5, 5.41) is 3.15. The average molecular weight is 367 g/mol. The zero-order valence-corrected chi connectivity index (χ0v) is 15.3. The van der Waals surface area contributed by atoms with Crippen molar-refractivity contribution in [2.75, 3.05) is 22.4 Å². The van der Waals surface area contributed by atoms with Gasteiger partial charge in [0.15, 0.2) is 0 Å². The summed E-state index contributed by atoms with van der Waals surface area (Å²) in [5.41, 5.74) is 2.80. The van der Waals surface area contributed by atoms with Crippen LogP contribution in [0.25, 0.3) is 0 Å². The van der Waals surface area contributed by atoms with Crippen LogP contribution in [0, 0.1) is 13.8 Å². The van der Waals surface area contributed by atoms with Crippen LogP contribution in [0.15, 0.2) is 42.5 Å². The normalized spacial score (nSPS) is 11.2. The number of rotatable bonds is 5. The monoisotopic (exact) mass is 366 g/mol. The summed E-state index contributed by atoms with van der Waals surface area (Å²) in [6.45, 7) is 3.40. The largest absolute Gasteiger partial charge is 0.325 e. The number of hydrogen-bond acceptors (Lipinski definition) is 3. The number of carbonyl (C=O) groups is 1. The molecule has 128 valence electrons. The van der Waals surface area contributed by atoms with Crippen molar-refractivity contribution in [1.82, 2.24) is 0 Å². The molecule has 0 bridgehead atoms. The van der Waals surface area contributed by atoms with E-state index in [9.17, 15) is 13.2 Å². The van der Waals surface area contributed by atoms with Crippen LogP contribution in [0.3, 0.4) is 0 Å². The van der Waals surface area contributed by atoms with Gasteiger partial charge in [-0.25, -0.2) is 8.42 Å². The maximum Gasteiger partial charge on any atom is 0.245 e. The highest BCUT2D eigenvalue weighted by molar-refractivity contribution is 7.92. The lowest BCUT2D eigenvalue weighted by atomic mass is 10.2. The summed E-state index contributed by atoms with van der Waals surface area (Å²) in [7, 11) is -3.63. The first-order valence-corrected chi connectivity index (χ1v) is 9.50. The Morgan fingerprint density at radius 1 is 1.17 bits per heavy atom. The standard InChI is InChI=1S/C17H19ClN2O3S/c1-12-5-4-6-14(9-12)19-17(21)11-20(24(3,22)23)15-8-7-13(2)16(18)10-15/h4-10H,11H2,1-3H3,(H,19,21). The molecule has 0 unspecified atom stereocenters. The van der Waals surface area contributed by atoms with Crippen molar-refractivity contribution >= 4 is 38.9 Å². The van der Waals surface area contributed by atoms with Crippen molar-refractivity contribution in [3.05, 3.63) is 58.6 Å². The number of carbonyl (C=O) groups excluding carboxylic acids is 1. The molecule has 0 atom stereocenters. The fourth-order valence-corrected chi connectivity index (χ4v) is 3.21. The molecule has 0 fully saturated rings. The highest BCUT2D eigenvalue weighted by Gasteiger charge is 2.21. The van der Waals surface area contributed by atoms with Crippen molar-refractivity contribution in [2.45, 2.75) is 13.8 Å². The molecule has 0 aliphatic carbocycles. The lowest BCUT2D eigenvalue weighted by Gasteiger charge is -2.22. The molecule has 0 spiro atoms. The number of nitrogens with zero attached hydrogens (tertiary/aromatic N) is 1. The minimum atomic E-state index is -3.63. The number of aryl methyl sites for hydroxylation is 2. The molecule has 1 N–H and O–H groups in total. The fraction of sp³-hybridized carbons (Fsp3) is 0.235. The van der Waals surface area contributed by atoms with Gasteiger partial charge in [-0.1, -0.05) is 29.8 Å². The summed E-state index contributed by atoms with van der Waals surface area (Å²) in [4.78, 5) is 12.3. The smallest absolute Gasteiger partial charge is 0.245 e. The Hall–Kier alpha value is -2.05. The fourth-order valence-electron chi connectivity index (χ4n) is 2.19. The minimum Gasteiger partial charge on any atom is -0.325 e. The van der Waals surface area contributed by atoms with Gasteiger partial charge in [-0.15, -0.1) is 0 Å². The van der Waals surface area contributed by atoms with Gasteiger partial charge in [-0.05, 0) is 49.2 Å². The Labute approximate surface area is 147 Å². The van der Waals surface area contributed by atoms with E-state index in [1.165, 1.54) is 6.07 Å². The van der Waals surface area contributed by atoms with Crippen LogP contribution in [0.2, 0.25) is 5.02 Å². The Balaban J connectivity index is 2.23. The second-order valence-corrected chi connectivity index (χ2v) is 7.93. The van der Waals surface area contributed by atoms with Gasteiger partial charge < -0.3 is 5.32 Å². The van der Waals surface area contributed by atoms with E-state index in [-0.39, 0.29) is 6.54 Å². The molecular weight excluding hydrogens is 348 g/mol. The Bertz CT molecular complexity index is 866. The summed E-state index contributed by atoms with van der Waals surface area (Å²) < 4.78 is 25.2. The predicted octanol–water partition coefficient (Wildman–Crippen LogP) is 3.36. The maximum atomic E-state index is 12.3. The first-order chi connectivity index (χ1) is 11.2. The van der Waals surface area contributed by atoms with Gasteiger partial charge in [0.1, 0.15) is 6.54 Å². The number of anilines is 2. The van der Waals surface area contributed by atoms with Crippen LogP contribution in [0.5, 0.6) is 0 Å². The summed E-state index contributed by atoms with van der Waals surface area (Å²) in [6, 6.07) is 12.2. The van der Waals surface area contributed by atoms with Gasteiger partial charge in [-0.3, -0.25) is 9.10 Å². The molecule has 0 aromatic heterocycles. The van der Waals surface area contributed by atoms with Crippen LogP contribution >= 0.6 is 11.6 Å². The molecule has 7 heteroatoms. The number of halogens is 1. The minimum absolute atomic E-state index is 0.327. The van der Waals surface area contributed by atoms with Gasteiger partial charge in [0, 0.05) is 10.7 Å². The molecule has 1 amide bonds. The van der Waals surface area contributed by atoms with Crippen LogP contribution in [-0.2, 0) is 14.8 Å².